The summed E-state index contributed by atoms with van der Waals surface area (Å²) in [7, 11) is 0. The minimum Gasteiger partial charge on any atom is -0.364 e. The Hall–Kier alpha value is -2.22. The van der Waals surface area contributed by atoms with Crippen molar-refractivity contribution in [2.24, 2.45) is 0 Å². The molecule has 0 aliphatic carbocycles. The second kappa shape index (κ2) is 6.29. The molecule has 0 radical (unpaired) electrons. The van der Waals surface area contributed by atoms with Crippen molar-refractivity contribution in [1.82, 2.24) is 9.97 Å². The van der Waals surface area contributed by atoms with Gasteiger partial charge in [0, 0.05) is 13.1 Å². The van der Waals surface area contributed by atoms with Gasteiger partial charge >= 0.3 is 5.69 Å². The van der Waals surface area contributed by atoms with Crippen molar-refractivity contribution in [1.29, 1.82) is 0 Å². The van der Waals surface area contributed by atoms with Gasteiger partial charge in [-0.3, -0.25) is 10.1 Å². The first-order valence-electron chi connectivity index (χ1n) is 6.12. The summed E-state index contributed by atoms with van der Waals surface area (Å²) < 4.78 is 0. The molecule has 0 saturated heterocycles. The number of anilines is 2. The SMILES string of the molecule is CCNc1ncnc(NCc2cscc2C)c1[N+](=O)[O-]. The molecule has 0 fully saturated rings. The highest BCUT2D eigenvalue weighted by Crippen LogP contribution is 2.29. The van der Waals surface area contributed by atoms with Gasteiger partial charge in [0.1, 0.15) is 6.33 Å². The van der Waals surface area contributed by atoms with E-state index < -0.39 is 4.92 Å². The molecule has 2 heterocycles. The monoisotopic (exact) mass is 293 g/mol. The van der Waals surface area contributed by atoms with Crippen LogP contribution in [0.25, 0.3) is 0 Å². The van der Waals surface area contributed by atoms with E-state index in [0.29, 0.717) is 13.1 Å². The lowest BCUT2D eigenvalue weighted by Crippen LogP contribution is -2.09. The third-order valence-electron chi connectivity index (χ3n) is 2.76. The smallest absolute Gasteiger partial charge is 0.353 e. The molecule has 0 amide bonds. The topological polar surface area (TPSA) is 93.0 Å². The first-order valence-corrected chi connectivity index (χ1v) is 7.06. The molecule has 7 nitrogen and oxygen atoms in total. The first-order chi connectivity index (χ1) is 9.63. The Kier molecular flexibility index (Phi) is 4.46. The number of hydrogen-bond acceptors (Lipinski definition) is 7. The van der Waals surface area contributed by atoms with Gasteiger partial charge < -0.3 is 10.6 Å². The van der Waals surface area contributed by atoms with E-state index in [2.05, 4.69) is 20.6 Å². The fourth-order valence-electron chi connectivity index (χ4n) is 1.72. The lowest BCUT2D eigenvalue weighted by molar-refractivity contribution is -0.383. The zero-order valence-corrected chi connectivity index (χ0v) is 12.0. The molecule has 2 rings (SSSR count). The van der Waals surface area contributed by atoms with Crippen molar-refractivity contribution in [2.75, 3.05) is 17.2 Å². The molecule has 8 heteroatoms. The van der Waals surface area contributed by atoms with Crippen LogP contribution in [0, 0.1) is 17.0 Å². The van der Waals surface area contributed by atoms with E-state index in [1.54, 1.807) is 11.3 Å². The van der Waals surface area contributed by atoms with Crippen LogP contribution in [0.3, 0.4) is 0 Å². The van der Waals surface area contributed by atoms with Crippen molar-refractivity contribution < 1.29 is 4.92 Å². The van der Waals surface area contributed by atoms with Crippen molar-refractivity contribution in [3.05, 3.63) is 38.3 Å². The van der Waals surface area contributed by atoms with Crippen molar-refractivity contribution in [2.45, 2.75) is 20.4 Å². The molecule has 0 aromatic carbocycles. The fourth-order valence-corrected chi connectivity index (χ4v) is 2.58. The zero-order valence-electron chi connectivity index (χ0n) is 11.2. The predicted octanol–water partition coefficient (Wildman–Crippen LogP) is 2.80. The van der Waals surface area contributed by atoms with Gasteiger partial charge in [0.15, 0.2) is 0 Å². The van der Waals surface area contributed by atoms with Gasteiger partial charge in [0.25, 0.3) is 0 Å². The van der Waals surface area contributed by atoms with Crippen LogP contribution in [-0.4, -0.2) is 21.4 Å². The lowest BCUT2D eigenvalue weighted by Gasteiger charge is -2.08. The molecule has 0 bridgehead atoms. The maximum atomic E-state index is 11.2. The van der Waals surface area contributed by atoms with Crippen LogP contribution >= 0.6 is 11.3 Å². The van der Waals surface area contributed by atoms with Gasteiger partial charge in [-0.2, -0.15) is 11.3 Å². The summed E-state index contributed by atoms with van der Waals surface area (Å²) in [5.41, 5.74) is 2.14. The molecule has 20 heavy (non-hydrogen) atoms. The minimum atomic E-state index is -0.471. The summed E-state index contributed by atoms with van der Waals surface area (Å²) >= 11 is 1.60. The Bertz CT molecular complexity index is 614. The average molecular weight is 293 g/mol. The molecule has 0 spiro atoms. The summed E-state index contributed by atoms with van der Waals surface area (Å²) in [5, 5.41) is 21.1. The summed E-state index contributed by atoms with van der Waals surface area (Å²) in [6.07, 6.45) is 1.31. The van der Waals surface area contributed by atoms with Crippen LogP contribution in [0.15, 0.2) is 17.1 Å². The molecule has 2 aromatic heterocycles. The molecule has 2 N–H and O–H groups in total. The molecule has 106 valence electrons. The summed E-state index contributed by atoms with van der Waals surface area (Å²) in [5.74, 6) is 0.462. The number of aryl methyl sites for hydroxylation is 1. The first kappa shape index (κ1) is 14.2. The largest absolute Gasteiger partial charge is 0.364 e. The molecule has 2 aromatic rings. The molecule has 0 atom stereocenters. The Morgan fingerprint density at radius 1 is 1.30 bits per heavy atom. The Labute approximate surface area is 120 Å². The van der Waals surface area contributed by atoms with Crippen LogP contribution < -0.4 is 10.6 Å². The van der Waals surface area contributed by atoms with E-state index in [1.165, 1.54) is 6.33 Å². The Morgan fingerprint density at radius 3 is 2.55 bits per heavy atom. The Balaban J connectivity index is 2.24. The minimum absolute atomic E-state index is 0.123. The highest BCUT2D eigenvalue weighted by molar-refractivity contribution is 7.08. The van der Waals surface area contributed by atoms with Gasteiger partial charge in [-0.1, -0.05) is 0 Å². The predicted molar refractivity (Wildman–Crippen MR) is 79.2 cm³/mol. The Morgan fingerprint density at radius 2 is 2.00 bits per heavy atom. The van der Waals surface area contributed by atoms with Crippen LogP contribution in [0.1, 0.15) is 18.1 Å². The maximum Gasteiger partial charge on any atom is 0.353 e. The maximum absolute atomic E-state index is 11.2. The summed E-state index contributed by atoms with van der Waals surface area (Å²) in [6, 6.07) is 0. The van der Waals surface area contributed by atoms with Crippen LogP contribution in [0.5, 0.6) is 0 Å². The summed E-state index contributed by atoms with van der Waals surface area (Å²) in [6.45, 7) is 4.92. The van der Waals surface area contributed by atoms with Gasteiger partial charge in [-0.25, -0.2) is 9.97 Å². The van der Waals surface area contributed by atoms with Crippen LogP contribution in [0.2, 0.25) is 0 Å². The lowest BCUT2D eigenvalue weighted by atomic mass is 10.2. The number of nitrogens with zero attached hydrogens (tertiary/aromatic N) is 3. The van der Waals surface area contributed by atoms with E-state index in [1.807, 2.05) is 24.6 Å². The van der Waals surface area contributed by atoms with Gasteiger partial charge in [-0.05, 0) is 35.7 Å². The van der Waals surface area contributed by atoms with E-state index in [-0.39, 0.29) is 17.3 Å². The molecule has 0 unspecified atom stereocenters. The van der Waals surface area contributed by atoms with E-state index >= 15 is 0 Å². The van der Waals surface area contributed by atoms with E-state index in [4.69, 9.17) is 0 Å². The van der Waals surface area contributed by atoms with E-state index in [0.717, 1.165) is 11.1 Å². The molecular weight excluding hydrogens is 278 g/mol. The molecule has 0 saturated carbocycles. The number of thiophene rings is 1. The number of nitrogens with one attached hydrogen (secondary N) is 2. The third kappa shape index (κ3) is 3.02. The number of rotatable bonds is 6. The van der Waals surface area contributed by atoms with Crippen molar-refractivity contribution >= 4 is 28.7 Å². The highest BCUT2D eigenvalue weighted by atomic mass is 32.1. The second-order valence-electron chi connectivity index (χ2n) is 4.14. The van der Waals surface area contributed by atoms with Crippen LogP contribution in [-0.2, 0) is 6.54 Å². The molecular formula is C12H15N5O2S. The van der Waals surface area contributed by atoms with Crippen LogP contribution in [0.4, 0.5) is 17.3 Å². The summed E-state index contributed by atoms with van der Waals surface area (Å²) in [4.78, 5) is 18.6. The second-order valence-corrected chi connectivity index (χ2v) is 4.88. The molecule has 0 aliphatic rings. The van der Waals surface area contributed by atoms with Gasteiger partial charge in [-0.15, -0.1) is 0 Å². The standard InChI is InChI=1S/C12H15N5O2S/c1-3-13-11-10(17(18)19)12(16-7-15-11)14-4-9-6-20-5-8(9)2/h5-7H,3-4H2,1-2H3,(H2,13,14,15,16). The van der Waals surface area contributed by atoms with Gasteiger partial charge in [0.2, 0.25) is 11.6 Å². The number of nitro groups is 1. The number of aromatic nitrogens is 2. The van der Waals surface area contributed by atoms with E-state index in [9.17, 15) is 10.1 Å². The quantitative estimate of drug-likeness (QED) is 0.628. The normalized spacial score (nSPS) is 10.3. The van der Waals surface area contributed by atoms with Crippen molar-refractivity contribution in [3.8, 4) is 0 Å². The van der Waals surface area contributed by atoms with Gasteiger partial charge in [0.05, 0.1) is 4.92 Å². The fraction of sp³-hybridized carbons (Fsp3) is 0.333. The number of hydrogen-bond donors (Lipinski definition) is 2. The highest BCUT2D eigenvalue weighted by Gasteiger charge is 2.22. The average Bonchev–Trinajstić information content (AvgIpc) is 2.82. The zero-order chi connectivity index (χ0) is 14.5. The van der Waals surface area contributed by atoms with Crippen molar-refractivity contribution in [3.63, 3.8) is 0 Å². The molecule has 0 aliphatic heterocycles. The third-order valence-corrected chi connectivity index (χ3v) is 3.67.